The van der Waals surface area contributed by atoms with Crippen molar-refractivity contribution in [1.82, 2.24) is 4.72 Å². The third kappa shape index (κ3) is 3.19. The van der Waals surface area contributed by atoms with Gasteiger partial charge in [-0.25, -0.2) is 12.8 Å². The highest BCUT2D eigenvalue weighted by Crippen LogP contribution is 2.20. The van der Waals surface area contributed by atoms with Crippen LogP contribution in [-0.2, 0) is 10.0 Å². The highest BCUT2D eigenvalue weighted by molar-refractivity contribution is 7.89. The average Bonchev–Trinajstić information content (AvgIpc) is 2.25. The molecule has 0 bridgehead atoms. The van der Waals surface area contributed by atoms with Crippen LogP contribution in [0, 0.1) is 24.6 Å². The lowest BCUT2D eigenvalue weighted by Gasteiger charge is -2.07. The van der Waals surface area contributed by atoms with E-state index in [0.717, 1.165) is 6.07 Å². The lowest BCUT2D eigenvalue weighted by molar-refractivity contribution is 0.581. The Balaban J connectivity index is 3.10. The fourth-order valence-electron chi connectivity index (χ4n) is 1.13. The first-order valence-electron chi connectivity index (χ1n) is 4.83. The predicted molar refractivity (Wildman–Crippen MR) is 64.2 cm³/mol. The van der Waals surface area contributed by atoms with Gasteiger partial charge in [-0.2, -0.15) is 4.72 Å². The number of nitrogen functional groups attached to an aromatic ring is 1. The van der Waals surface area contributed by atoms with Gasteiger partial charge in [0.1, 0.15) is 5.82 Å². The summed E-state index contributed by atoms with van der Waals surface area (Å²) in [5.41, 5.74) is 5.85. The summed E-state index contributed by atoms with van der Waals surface area (Å²) in [4.78, 5) is -0.198. The van der Waals surface area contributed by atoms with E-state index in [-0.39, 0.29) is 22.7 Å². The molecule has 1 aromatic rings. The molecule has 4 nitrogen and oxygen atoms in total. The monoisotopic (exact) mass is 256 g/mol. The normalized spacial score (nSPS) is 10.8. The fraction of sp³-hybridized carbons (Fsp3) is 0.273. The third-order valence-corrected chi connectivity index (χ3v) is 3.58. The molecule has 92 valence electrons. The molecule has 17 heavy (non-hydrogen) atoms. The van der Waals surface area contributed by atoms with Crippen molar-refractivity contribution in [3.05, 3.63) is 23.5 Å². The van der Waals surface area contributed by atoms with E-state index in [9.17, 15) is 12.8 Å². The SMILES string of the molecule is CC#CCNS(=O)(=O)c1cc(N)c(C)c(F)c1. The Bertz CT molecular complexity index is 562. The van der Waals surface area contributed by atoms with Gasteiger partial charge in [-0.05, 0) is 26.0 Å². The van der Waals surface area contributed by atoms with Crippen molar-refractivity contribution in [2.24, 2.45) is 0 Å². The molecule has 0 fully saturated rings. The van der Waals surface area contributed by atoms with Gasteiger partial charge in [-0.1, -0.05) is 5.92 Å². The summed E-state index contributed by atoms with van der Waals surface area (Å²) in [5.74, 6) is 4.45. The van der Waals surface area contributed by atoms with Gasteiger partial charge in [0.25, 0.3) is 0 Å². The van der Waals surface area contributed by atoms with Crippen LogP contribution in [0.4, 0.5) is 10.1 Å². The van der Waals surface area contributed by atoms with Crippen LogP contribution in [0.15, 0.2) is 17.0 Å². The maximum Gasteiger partial charge on any atom is 0.241 e. The highest BCUT2D eigenvalue weighted by atomic mass is 32.2. The number of anilines is 1. The Morgan fingerprint density at radius 2 is 2.12 bits per heavy atom. The number of hydrogen-bond acceptors (Lipinski definition) is 3. The topological polar surface area (TPSA) is 72.2 Å². The van der Waals surface area contributed by atoms with Crippen molar-refractivity contribution >= 4 is 15.7 Å². The van der Waals surface area contributed by atoms with E-state index < -0.39 is 15.8 Å². The largest absolute Gasteiger partial charge is 0.398 e. The second-order valence-electron chi connectivity index (χ2n) is 3.37. The quantitative estimate of drug-likeness (QED) is 0.626. The van der Waals surface area contributed by atoms with Gasteiger partial charge < -0.3 is 5.73 Å². The smallest absolute Gasteiger partial charge is 0.241 e. The van der Waals surface area contributed by atoms with Crippen LogP contribution in [0.5, 0.6) is 0 Å². The van der Waals surface area contributed by atoms with Crippen LogP contribution in [0.25, 0.3) is 0 Å². The molecule has 1 rings (SSSR count). The molecule has 0 atom stereocenters. The Hall–Kier alpha value is -1.58. The van der Waals surface area contributed by atoms with Crippen LogP contribution in [0.2, 0.25) is 0 Å². The number of benzene rings is 1. The van der Waals surface area contributed by atoms with Crippen molar-refractivity contribution in [1.29, 1.82) is 0 Å². The molecular formula is C11H13FN2O2S. The van der Waals surface area contributed by atoms with Gasteiger partial charge in [-0.3, -0.25) is 0 Å². The molecule has 0 aliphatic carbocycles. The summed E-state index contributed by atoms with van der Waals surface area (Å²) in [6, 6.07) is 2.16. The first-order chi connectivity index (χ1) is 7.88. The molecule has 1 aromatic carbocycles. The van der Waals surface area contributed by atoms with E-state index in [4.69, 9.17) is 5.73 Å². The van der Waals surface area contributed by atoms with Crippen molar-refractivity contribution < 1.29 is 12.8 Å². The summed E-state index contributed by atoms with van der Waals surface area (Å²) < 4.78 is 39.0. The van der Waals surface area contributed by atoms with E-state index >= 15 is 0 Å². The summed E-state index contributed by atoms with van der Waals surface area (Å²) in [5, 5.41) is 0. The Kier molecular flexibility index (Phi) is 4.10. The lowest BCUT2D eigenvalue weighted by atomic mass is 10.2. The second kappa shape index (κ2) is 5.17. The predicted octanol–water partition coefficient (Wildman–Crippen LogP) is 1.02. The van der Waals surface area contributed by atoms with Gasteiger partial charge in [0.05, 0.1) is 11.4 Å². The van der Waals surface area contributed by atoms with Crippen molar-refractivity contribution in [3.8, 4) is 11.8 Å². The number of nitrogens with two attached hydrogens (primary N) is 1. The molecule has 0 spiro atoms. The van der Waals surface area contributed by atoms with Crippen LogP contribution >= 0.6 is 0 Å². The van der Waals surface area contributed by atoms with E-state index in [2.05, 4.69) is 16.6 Å². The summed E-state index contributed by atoms with van der Waals surface area (Å²) >= 11 is 0. The van der Waals surface area contributed by atoms with Crippen LogP contribution in [0.1, 0.15) is 12.5 Å². The molecule has 0 aromatic heterocycles. The zero-order valence-electron chi connectivity index (χ0n) is 9.54. The number of sulfonamides is 1. The summed E-state index contributed by atoms with van der Waals surface area (Å²) in [6.45, 7) is 3.06. The maximum atomic E-state index is 13.4. The molecule has 3 N–H and O–H groups in total. The maximum absolute atomic E-state index is 13.4. The van der Waals surface area contributed by atoms with E-state index in [1.54, 1.807) is 6.92 Å². The number of halogens is 1. The second-order valence-corrected chi connectivity index (χ2v) is 5.14. The molecule has 0 unspecified atom stereocenters. The zero-order valence-corrected chi connectivity index (χ0v) is 10.4. The molecule has 0 heterocycles. The Morgan fingerprint density at radius 1 is 1.47 bits per heavy atom. The molecule has 0 saturated carbocycles. The number of rotatable bonds is 3. The minimum Gasteiger partial charge on any atom is -0.398 e. The molecule has 0 radical (unpaired) electrons. The van der Waals surface area contributed by atoms with E-state index in [1.807, 2.05) is 0 Å². The molecule has 0 aliphatic heterocycles. The number of hydrogen-bond donors (Lipinski definition) is 2. The molecular weight excluding hydrogens is 243 g/mol. The van der Waals surface area contributed by atoms with Crippen LogP contribution < -0.4 is 10.5 Å². The molecule has 0 saturated heterocycles. The first-order valence-corrected chi connectivity index (χ1v) is 6.31. The van der Waals surface area contributed by atoms with Crippen molar-refractivity contribution in [2.75, 3.05) is 12.3 Å². The van der Waals surface area contributed by atoms with Crippen molar-refractivity contribution in [2.45, 2.75) is 18.7 Å². The number of nitrogens with one attached hydrogen (secondary N) is 1. The Morgan fingerprint density at radius 3 is 2.65 bits per heavy atom. The van der Waals surface area contributed by atoms with Gasteiger partial charge in [-0.15, -0.1) is 5.92 Å². The molecule has 0 amide bonds. The minimum atomic E-state index is -3.77. The van der Waals surface area contributed by atoms with Gasteiger partial charge in [0, 0.05) is 11.3 Å². The van der Waals surface area contributed by atoms with Gasteiger partial charge in [0.2, 0.25) is 10.0 Å². The van der Waals surface area contributed by atoms with Crippen LogP contribution in [-0.4, -0.2) is 15.0 Å². The Labute approximate surface area is 100 Å². The highest BCUT2D eigenvalue weighted by Gasteiger charge is 2.16. The zero-order chi connectivity index (χ0) is 13.1. The minimum absolute atomic E-state index is 0.0196. The van der Waals surface area contributed by atoms with Crippen molar-refractivity contribution in [3.63, 3.8) is 0 Å². The fourth-order valence-corrected chi connectivity index (χ4v) is 2.10. The summed E-state index contributed by atoms with van der Waals surface area (Å²) in [6.07, 6.45) is 0. The summed E-state index contributed by atoms with van der Waals surface area (Å²) in [7, 11) is -3.77. The first kappa shape index (κ1) is 13.5. The van der Waals surface area contributed by atoms with Crippen LogP contribution in [0.3, 0.4) is 0 Å². The average molecular weight is 256 g/mol. The lowest BCUT2D eigenvalue weighted by Crippen LogP contribution is -2.24. The molecule has 6 heteroatoms. The van der Waals surface area contributed by atoms with E-state index in [1.165, 1.54) is 13.0 Å². The van der Waals surface area contributed by atoms with E-state index in [0.29, 0.717) is 0 Å². The third-order valence-electron chi connectivity index (χ3n) is 2.20. The standard InChI is InChI=1S/C11H13FN2O2S/c1-3-4-5-14-17(15,16)9-6-10(12)8(2)11(13)7-9/h6-7,14H,5,13H2,1-2H3. The molecule has 0 aliphatic rings. The van der Waals surface area contributed by atoms with Gasteiger partial charge >= 0.3 is 0 Å². The van der Waals surface area contributed by atoms with Gasteiger partial charge in [0.15, 0.2) is 0 Å².